The molecule has 1 heterocycles. The lowest BCUT2D eigenvalue weighted by Crippen LogP contribution is -2.03. The molecule has 0 saturated heterocycles. The van der Waals surface area contributed by atoms with E-state index in [1.807, 2.05) is 26.2 Å². The topological polar surface area (TPSA) is 50.2 Å². The SMILES string of the molecule is Cc1csc([C@@H]2[C@@H](C(=O)O)C2(C)C)n1. The molecule has 76 valence electrons. The Morgan fingerprint density at radius 1 is 1.64 bits per heavy atom. The second-order valence-electron chi connectivity index (χ2n) is 4.44. The first-order valence-corrected chi connectivity index (χ1v) is 5.47. The molecular weight excluding hydrogens is 198 g/mol. The molecule has 14 heavy (non-hydrogen) atoms. The predicted molar refractivity (Wildman–Crippen MR) is 54.5 cm³/mol. The van der Waals surface area contributed by atoms with E-state index in [-0.39, 0.29) is 17.3 Å². The summed E-state index contributed by atoms with van der Waals surface area (Å²) in [6.07, 6.45) is 0. The summed E-state index contributed by atoms with van der Waals surface area (Å²) in [5.41, 5.74) is 0.854. The molecule has 1 N–H and O–H groups in total. The molecule has 0 aliphatic heterocycles. The van der Waals surface area contributed by atoms with Crippen molar-refractivity contribution < 1.29 is 9.90 Å². The van der Waals surface area contributed by atoms with Crippen molar-refractivity contribution in [2.75, 3.05) is 0 Å². The maximum Gasteiger partial charge on any atom is 0.307 e. The summed E-state index contributed by atoms with van der Waals surface area (Å²) < 4.78 is 0. The van der Waals surface area contributed by atoms with Crippen LogP contribution in [0.25, 0.3) is 0 Å². The number of hydrogen-bond donors (Lipinski definition) is 1. The van der Waals surface area contributed by atoms with Gasteiger partial charge < -0.3 is 5.11 Å². The highest BCUT2D eigenvalue weighted by atomic mass is 32.1. The van der Waals surface area contributed by atoms with Gasteiger partial charge in [0.1, 0.15) is 0 Å². The van der Waals surface area contributed by atoms with Crippen molar-refractivity contribution in [3.05, 3.63) is 16.1 Å². The van der Waals surface area contributed by atoms with E-state index < -0.39 is 5.97 Å². The fourth-order valence-corrected chi connectivity index (χ4v) is 3.20. The maximum absolute atomic E-state index is 10.9. The van der Waals surface area contributed by atoms with E-state index in [9.17, 15) is 4.79 Å². The zero-order valence-corrected chi connectivity index (χ0v) is 9.26. The monoisotopic (exact) mass is 211 g/mol. The Balaban J connectivity index is 2.27. The van der Waals surface area contributed by atoms with Gasteiger partial charge in [0.05, 0.1) is 10.9 Å². The predicted octanol–water partition coefficient (Wildman–Crippen LogP) is 2.28. The van der Waals surface area contributed by atoms with Crippen LogP contribution >= 0.6 is 11.3 Å². The molecule has 0 spiro atoms. The van der Waals surface area contributed by atoms with Crippen molar-refractivity contribution in [1.82, 2.24) is 4.98 Å². The Hall–Kier alpha value is -0.900. The Morgan fingerprint density at radius 3 is 2.64 bits per heavy atom. The number of aromatic nitrogens is 1. The van der Waals surface area contributed by atoms with Crippen LogP contribution in [0.4, 0.5) is 0 Å². The first kappa shape index (κ1) is 9.65. The summed E-state index contributed by atoms with van der Waals surface area (Å²) in [5, 5.41) is 12.0. The fourth-order valence-electron chi connectivity index (χ4n) is 2.07. The minimum atomic E-state index is -0.701. The number of nitrogens with zero attached hydrogens (tertiary/aromatic N) is 1. The lowest BCUT2D eigenvalue weighted by molar-refractivity contribution is -0.139. The van der Waals surface area contributed by atoms with Crippen LogP contribution in [-0.2, 0) is 4.79 Å². The normalized spacial score (nSPS) is 28.8. The van der Waals surface area contributed by atoms with E-state index in [1.165, 1.54) is 0 Å². The summed E-state index contributed by atoms with van der Waals surface area (Å²) in [7, 11) is 0. The molecular formula is C10H13NO2S. The molecule has 0 bridgehead atoms. The summed E-state index contributed by atoms with van der Waals surface area (Å²) >= 11 is 1.57. The standard InChI is InChI=1S/C10H13NO2S/c1-5-4-14-8(11-5)6-7(9(12)13)10(6,2)3/h4,6-7H,1-3H3,(H,12,13)/t6-,7-/m0/s1. The van der Waals surface area contributed by atoms with Crippen LogP contribution in [0.2, 0.25) is 0 Å². The number of carboxylic acids is 1. The molecule has 2 rings (SSSR count). The number of carbonyl (C=O) groups is 1. The molecule has 0 aromatic carbocycles. The number of aliphatic carboxylic acids is 1. The lowest BCUT2D eigenvalue weighted by atomic mass is 10.1. The molecule has 0 unspecified atom stereocenters. The van der Waals surface area contributed by atoms with Gasteiger partial charge in [-0.15, -0.1) is 11.3 Å². The number of rotatable bonds is 2. The smallest absolute Gasteiger partial charge is 0.307 e. The molecule has 1 aliphatic carbocycles. The first-order chi connectivity index (χ1) is 6.44. The summed E-state index contributed by atoms with van der Waals surface area (Å²) in [6, 6.07) is 0. The third-order valence-corrected chi connectivity index (χ3v) is 4.04. The Labute approximate surface area is 86.8 Å². The quantitative estimate of drug-likeness (QED) is 0.816. The van der Waals surface area contributed by atoms with E-state index in [1.54, 1.807) is 11.3 Å². The van der Waals surface area contributed by atoms with Gasteiger partial charge >= 0.3 is 5.97 Å². The molecule has 1 aliphatic rings. The van der Waals surface area contributed by atoms with E-state index in [0.29, 0.717) is 0 Å². The summed E-state index contributed by atoms with van der Waals surface area (Å²) in [4.78, 5) is 15.3. The fraction of sp³-hybridized carbons (Fsp3) is 0.600. The lowest BCUT2D eigenvalue weighted by Gasteiger charge is -1.97. The van der Waals surface area contributed by atoms with Gasteiger partial charge in [0.2, 0.25) is 0 Å². The minimum absolute atomic E-state index is 0.110. The van der Waals surface area contributed by atoms with Crippen molar-refractivity contribution in [3.63, 3.8) is 0 Å². The van der Waals surface area contributed by atoms with Crippen LogP contribution < -0.4 is 0 Å². The largest absolute Gasteiger partial charge is 0.481 e. The van der Waals surface area contributed by atoms with Crippen LogP contribution in [0.15, 0.2) is 5.38 Å². The molecule has 1 aromatic rings. The van der Waals surface area contributed by atoms with E-state index in [4.69, 9.17) is 5.11 Å². The van der Waals surface area contributed by atoms with Gasteiger partial charge in [-0.05, 0) is 12.3 Å². The third kappa shape index (κ3) is 1.25. The highest BCUT2D eigenvalue weighted by molar-refractivity contribution is 7.09. The molecule has 0 amide bonds. The molecule has 2 atom stereocenters. The van der Waals surface area contributed by atoms with Crippen molar-refractivity contribution >= 4 is 17.3 Å². The molecule has 1 aromatic heterocycles. The number of thiazole rings is 1. The maximum atomic E-state index is 10.9. The second kappa shape index (κ2) is 2.79. The van der Waals surface area contributed by atoms with Crippen molar-refractivity contribution in [3.8, 4) is 0 Å². The minimum Gasteiger partial charge on any atom is -0.481 e. The highest BCUT2D eigenvalue weighted by Gasteiger charge is 2.64. The zero-order valence-electron chi connectivity index (χ0n) is 8.44. The van der Waals surface area contributed by atoms with Gasteiger partial charge in [-0.1, -0.05) is 13.8 Å². The van der Waals surface area contributed by atoms with Crippen LogP contribution in [0, 0.1) is 18.3 Å². The highest BCUT2D eigenvalue weighted by Crippen LogP contribution is 2.64. The molecule has 1 fully saturated rings. The van der Waals surface area contributed by atoms with Gasteiger partial charge in [-0.2, -0.15) is 0 Å². The zero-order chi connectivity index (χ0) is 10.5. The van der Waals surface area contributed by atoms with Gasteiger partial charge in [-0.3, -0.25) is 4.79 Å². The van der Waals surface area contributed by atoms with Gasteiger partial charge in [0.15, 0.2) is 0 Å². The molecule has 0 radical (unpaired) electrons. The number of hydrogen-bond acceptors (Lipinski definition) is 3. The first-order valence-electron chi connectivity index (χ1n) is 4.59. The number of aryl methyl sites for hydroxylation is 1. The molecule has 1 saturated carbocycles. The Kier molecular flexibility index (Phi) is 1.93. The van der Waals surface area contributed by atoms with Crippen molar-refractivity contribution in [2.45, 2.75) is 26.7 Å². The summed E-state index contributed by atoms with van der Waals surface area (Å²) in [6.45, 7) is 5.92. The number of carboxylic acid groups (broad SMARTS) is 1. The van der Waals surface area contributed by atoms with Gasteiger partial charge in [0, 0.05) is 17.0 Å². The van der Waals surface area contributed by atoms with Crippen LogP contribution in [0.1, 0.15) is 30.5 Å². The average Bonchev–Trinajstić information content (AvgIpc) is 2.42. The Morgan fingerprint density at radius 2 is 2.29 bits per heavy atom. The van der Waals surface area contributed by atoms with Gasteiger partial charge in [0.25, 0.3) is 0 Å². The Bertz CT molecular complexity index is 383. The van der Waals surface area contributed by atoms with Crippen LogP contribution in [0.5, 0.6) is 0 Å². The summed E-state index contributed by atoms with van der Waals surface area (Å²) in [5.74, 6) is -0.848. The molecule has 4 heteroatoms. The third-order valence-electron chi connectivity index (χ3n) is 3.00. The van der Waals surface area contributed by atoms with E-state index >= 15 is 0 Å². The molecule has 3 nitrogen and oxygen atoms in total. The average molecular weight is 211 g/mol. The van der Waals surface area contributed by atoms with Crippen LogP contribution in [-0.4, -0.2) is 16.1 Å². The van der Waals surface area contributed by atoms with Crippen LogP contribution in [0.3, 0.4) is 0 Å². The van der Waals surface area contributed by atoms with E-state index in [0.717, 1.165) is 10.7 Å². The second-order valence-corrected chi connectivity index (χ2v) is 5.33. The van der Waals surface area contributed by atoms with Crippen molar-refractivity contribution in [1.29, 1.82) is 0 Å². The van der Waals surface area contributed by atoms with E-state index in [2.05, 4.69) is 4.98 Å². The van der Waals surface area contributed by atoms with Crippen molar-refractivity contribution in [2.24, 2.45) is 11.3 Å². The van der Waals surface area contributed by atoms with Gasteiger partial charge in [-0.25, -0.2) is 4.98 Å².